The van der Waals surface area contributed by atoms with Gasteiger partial charge in [0, 0.05) is 27.4 Å². The van der Waals surface area contributed by atoms with Gasteiger partial charge in [0.05, 0.1) is 24.5 Å². The highest BCUT2D eigenvalue weighted by molar-refractivity contribution is 8.00. The Balaban J connectivity index is 1.53. The number of nitrogens with one attached hydrogen (secondary N) is 3. The van der Waals surface area contributed by atoms with Crippen LogP contribution in [0, 0.1) is 5.82 Å². The molecule has 4 rings (SSSR count). The van der Waals surface area contributed by atoms with Crippen LogP contribution in [0.25, 0.3) is 6.08 Å². The van der Waals surface area contributed by atoms with Crippen molar-refractivity contribution in [3.63, 3.8) is 0 Å². The molecule has 0 heterocycles. The Bertz CT molecular complexity index is 1700. The zero-order valence-corrected chi connectivity index (χ0v) is 25.6. The summed E-state index contributed by atoms with van der Waals surface area (Å²) < 4.78 is 24.2. The standard InChI is InChI=1S/C33H29ClFN3O5S/c1-20(31(39)36-24-12-14-28(35)27(34)19-24)44-26-11-7-10-23(18-26)37-33(41)29(38-32(40)21-8-5-4-6-9-21)17-22-16-25(42-2)13-15-30(22)43-3/h4-20H,1-3H3,(H,36,39)(H,37,41)(H,38,40)/b29-17+. The number of ether oxygens (including phenoxy) is 2. The Kier molecular flexibility index (Phi) is 11.0. The first kappa shape index (κ1) is 32.1. The van der Waals surface area contributed by atoms with E-state index in [9.17, 15) is 18.8 Å². The molecule has 1 unspecified atom stereocenters. The lowest BCUT2D eigenvalue weighted by molar-refractivity contribution is -0.115. The van der Waals surface area contributed by atoms with Gasteiger partial charge in [0.25, 0.3) is 11.8 Å². The monoisotopic (exact) mass is 633 g/mol. The predicted molar refractivity (Wildman–Crippen MR) is 172 cm³/mol. The van der Waals surface area contributed by atoms with Crippen molar-refractivity contribution in [2.45, 2.75) is 17.1 Å². The van der Waals surface area contributed by atoms with E-state index in [0.29, 0.717) is 38.9 Å². The lowest BCUT2D eigenvalue weighted by atomic mass is 10.1. The Hall–Kier alpha value is -4.80. The molecule has 4 aromatic rings. The molecule has 0 radical (unpaired) electrons. The minimum atomic E-state index is -0.583. The van der Waals surface area contributed by atoms with Crippen LogP contribution in [-0.4, -0.2) is 37.2 Å². The molecule has 0 aromatic heterocycles. The zero-order chi connectivity index (χ0) is 31.6. The number of thioether (sulfide) groups is 1. The maximum Gasteiger partial charge on any atom is 0.272 e. The molecule has 226 valence electrons. The van der Waals surface area contributed by atoms with Crippen LogP contribution in [0.15, 0.2) is 102 Å². The molecule has 4 aromatic carbocycles. The molecule has 11 heteroatoms. The van der Waals surface area contributed by atoms with Gasteiger partial charge in [-0.25, -0.2) is 4.39 Å². The lowest BCUT2D eigenvalue weighted by Crippen LogP contribution is -2.30. The van der Waals surface area contributed by atoms with Gasteiger partial charge in [-0.1, -0.05) is 35.9 Å². The van der Waals surface area contributed by atoms with E-state index in [1.165, 1.54) is 50.3 Å². The maximum atomic E-state index is 13.6. The smallest absolute Gasteiger partial charge is 0.272 e. The SMILES string of the molecule is COc1ccc(OC)c(/C=C(/NC(=O)c2ccccc2)C(=O)Nc2cccc(SC(C)C(=O)Nc3ccc(F)c(Cl)c3)c2)c1. The van der Waals surface area contributed by atoms with E-state index in [1.54, 1.807) is 79.7 Å². The summed E-state index contributed by atoms with van der Waals surface area (Å²) in [5.41, 5.74) is 1.67. The molecule has 44 heavy (non-hydrogen) atoms. The van der Waals surface area contributed by atoms with Crippen LogP contribution >= 0.6 is 23.4 Å². The highest BCUT2D eigenvalue weighted by Gasteiger charge is 2.18. The third kappa shape index (κ3) is 8.62. The normalized spacial score (nSPS) is 11.7. The van der Waals surface area contributed by atoms with E-state index < -0.39 is 22.9 Å². The van der Waals surface area contributed by atoms with Gasteiger partial charge in [-0.3, -0.25) is 14.4 Å². The molecular formula is C33H29ClFN3O5S. The van der Waals surface area contributed by atoms with Crippen molar-refractivity contribution in [1.29, 1.82) is 0 Å². The van der Waals surface area contributed by atoms with Gasteiger partial charge in [-0.05, 0) is 79.7 Å². The van der Waals surface area contributed by atoms with Crippen molar-refractivity contribution in [3.8, 4) is 11.5 Å². The first-order valence-corrected chi connectivity index (χ1v) is 14.6. The highest BCUT2D eigenvalue weighted by atomic mass is 35.5. The fraction of sp³-hybridized carbons (Fsp3) is 0.121. The summed E-state index contributed by atoms with van der Waals surface area (Å²) in [7, 11) is 3.02. The lowest BCUT2D eigenvalue weighted by Gasteiger charge is -2.15. The number of carbonyl (C=O) groups is 3. The third-order valence-corrected chi connectivity index (χ3v) is 7.61. The second-order valence-electron chi connectivity index (χ2n) is 9.35. The van der Waals surface area contributed by atoms with Crippen molar-refractivity contribution in [3.05, 3.63) is 119 Å². The van der Waals surface area contributed by atoms with Crippen molar-refractivity contribution in [1.82, 2.24) is 5.32 Å². The Labute approximate surface area is 263 Å². The van der Waals surface area contributed by atoms with Gasteiger partial charge in [-0.2, -0.15) is 0 Å². The second-order valence-corrected chi connectivity index (χ2v) is 11.2. The first-order chi connectivity index (χ1) is 21.2. The van der Waals surface area contributed by atoms with Gasteiger partial charge in [-0.15, -0.1) is 11.8 Å². The molecule has 3 amide bonds. The fourth-order valence-corrected chi connectivity index (χ4v) is 5.08. The number of rotatable bonds is 11. The van der Waals surface area contributed by atoms with Crippen LogP contribution in [0.1, 0.15) is 22.8 Å². The number of anilines is 2. The van der Waals surface area contributed by atoms with Gasteiger partial charge in [0.2, 0.25) is 5.91 Å². The van der Waals surface area contributed by atoms with Crippen molar-refractivity contribution in [2.24, 2.45) is 0 Å². The predicted octanol–water partition coefficient (Wildman–Crippen LogP) is 7.03. The van der Waals surface area contributed by atoms with E-state index in [1.807, 2.05) is 0 Å². The van der Waals surface area contributed by atoms with Gasteiger partial charge in [0.1, 0.15) is 23.0 Å². The Morgan fingerprint density at radius 2 is 1.61 bits per heavy atom. The number of carbonyl (C=O) groups excluding carboxylic acids is 3. The van der Waals surface area contributed by atoms with Crippen LogP contribution < -0.4 is 25.4 Å². The van der Waals surface area contributed by atoms with Crippen molar-refractivity contribution >= 4 is 58.5 Å². The number of methoxy groups -OCH3 is 2. The summed E-state index contributed by atoms with van der Waals surface area (Å²) in [4.78, 5) is 40.0. The highest BCUT2D eigenvalue weighted by Crippen LogP contribution is 2.29. The molecular weight excluding hydrogens is 605 g/mol. The number of halogens is 2. The summed E-state index contributed by atoms with van der Waals surface area (Å²) in [5, 5.41) is 7.61. The third-order valence-electron chi connectivity index (χ3n) is 6.23. The summed E-state index contributed by atoms with van der Waals surface area (Å²) in [5.74, 6) is -0.935. The number of benzene rings is 4. The van der Waals surface area contributed by atoms with Crippen LogP contribution in [0.2, 0.25) is 5.02 Å². The zero-order valence-electron chi connectivity index (χ0n) is 24.0. The molecule has 0 bridgehead atoms. The summed E-state index contributed by atoms with van der Waals surface area (Å²) in [6, 6.07) is 24.5. The second kappa shape index (κ2) is 15.1. The minimum Gasteiger partial charge on any atom is -0.497 e. The van der Waals surface area contributed by atoms with Crippen molar-refractivity contribution in [2.75, 3.05) is 24.9 Å². The van der Waals surface area contributed by atoms with Gasteiger partial charge < -0.3 is 25.4 Å². The molecule has 0 saturated heterocycles. The van der Waals surface area contributed by atoms with E-state index in [4.69, 9.17) is 21.1 Å². The van der Waals surface area contributed by atoms with Crippen LogP contribution in [0.4, 0.5) is 15.8 Å². The first-order valence-electron chi connectivity index (χ1n) is 13.3. The minimum absolute atomic E-state index is 0.0332. The van der Waals surface area contributed by atoms with E-state index in [2.05, 4.69) is 16.0 Å². The summed E-state index contributed by atoms with van der Waals surface area (Å²) >= 11 is 7.08. The summed E-state index contributed by atoms with van der Waals surface area (Å²) in [6.45, 7) is 1.72. The average molecular weight is 634 g/mol. The van der Waals surface area contributed by atoms with E-state index in [-0.39, 0.29) is 16.6 Å². The topological polar surface area (TPSA) is 106 Å². The molecule has 0 spiro atoms. The molecule has 3 N–H and O–H groups in total. The number of hydrogen-bond donors (Lipinski definition) is 3. The Morgan fingerprint density at radius 3 is 2.32 bits per heavy atom. The van der Waals surface area contributed by atoms with Crippen molar-refractivity contribution < 1.29 is 28.2 Å². The molecule has 0 aliphatic rings. The quantitative estimate of drug-likeness (QED) is 0.121. The molecule has 8 nitrogen and oxygen atoms in total. The van der Waals surface area contributed by atoms with Gasteiger partial charge in [0.15, 0.2) is 0 Å². The molecule has 0 saturated carbocycles. The summed E-state index contributed by atoms with van der Waals surface area (Å²) in [6.07, 6.45) is 1.50. The van der Waals surface area contributed by atoms with Crippen LogP contribution in [-0.2, 0) is 9.59 Å². The molecule has 0 aliphatic carbocycles. The van der Waals surface area contributed by atoms with E-state index >= 15 is 0 Å². The van der Waals surface area contributed by atoms with Gasteiger partial charge >= 0.3 is 0 Å². The largest absolute Gasteiger partial charge is 0.497 e. The Morgan fingerprint density at radius 1 is 0.864 bits per heavy atom. The number of amides is 3. The maximum absolute atomic E-state index is 13.6. The molecule has 0 aliphatic heterocycles. The van der Waals surface area contributed by atoms with Crippen LogP contribution in [0.3, 0.4) is 0 Å². The molecule has 1 atom stereocenters. The fourth-order valence-electron chi connectivity index (χ4n) is 3.97. The van der Waals surface area contributed by atoms with E-state index in [0.717, 1.165) is 0 Å². The number of hydrogen-bond acceptors (Lipinski definition) is 6. The van der Waals surface area contributed by atoms with Crippen LogP contribution in [0.5, 0.6) is 11.5 Å². The molecule has 0 fully saturated rings. The average Bonchev–Trinajstić information content (AvgIpc) is 3.02.